The predicted octanol–water partition coefficient (Wildman–Crippen LogP) is 3.98. The maximum absolute atomic E-state index is 12.4. The van der Waals surface area contributed by atoms with Crippen LogP contribution in [0.25, 0.3) is 0 Å². The molecular weight excluding hydrogens is 196 g/mol. The molecule has 2 saturated carbocycles. The molecule has 1 nitrogen and oxygen atoms in total. The van der Waals surface area contributed by atoms with Crippen LogP contribution in [0.4, 0.5) is 0 Å². The largest absolute Gasteiger partial charge is 0.294 e. The van der Waals surface area contributed by atoms with E-state index in [1.807, 2.05) is 0 Å². The number of allylic oxidation sites excluding steroid dienone is 1. The van der Waals surface area contributed by atoms with Gasteiger partial charge in [0.05, 0.1) is 0 Å². The Morgan fingerprint density at radius 1 is 1.38 bits per heavy atom. The summed E-state index contributed by atoms with van der Waals surface area (Å²) in [4.78, 5) is 12.4. The van der Waals surface area contributed by atoms with Gasteiger partial charge in [-0.3, -0.25) is 4.79 Å². The molecule has 0 spiro atoms. The first-order chi connectivity index (χ1) is 7.46. The van der Waals surface area contributed by atoms with E-state index >= 15 is 0 Å². The predicted molar refractivity (Wildman–Crippen MR) is 67.2 cm³/mol. The number of Topliss-reactive ketones (excluding diaryl/α,β-unsaturated/α-hetero) is 1. The van der Waals surface area contributed by atoms with E-state index in [1.165, 1.54) is 19.3 Å². The number of hydrogen-bond donors (Lipinski definition) is 0. The van der Waals surface area contributed by atoms with E-state index in [2.05, 4.69) is 27.4 Å². The zero-order valence-electron chi connectivity index (χ0n) is 10.9. The molecule has 16 heavy (non-hydrogen) atoms. The minimum absolute atomic E-state index is 0.266. The van der Waals surface area contributed by atoms with Crippen LogP contribution in [-0.2, 0) is 4.79 Å². The summed E-state index contributed by atoms with van der Waals surface area (Å²) in [6.07, 6.45) is 5.77. The Morgan fingerprint density at radius 3 is 2.69 bits per heavy atom. The molecule has 0 saturated heterocycles. The third-order valence-electron chi connectivity index (χ3n) is 4.94. The lowest BCUT2D eigenvalue weighted by molar-refractivity contribution is -0.123. The van der Waals surface area contributed by atoms with E-state index in [9.17, 15) is 4.79 Å². The molecule has 3 atom stereocenters. The molecule has 0 aromatic carbocycles. The first kappa shape index (κ1) is 11.9. The van der Waals surface area contributed by atoms with Crippen molar-refractivity contribution in [2.75, 3.05) is 0 Å². The lowest BCUT2D eigenvalue weighted by atomic mass is 9.70. The van der Waals surface area contributed by atoms with Crippen LogP contribution < -0.4 is 0 Å². The minimum Gasteiger partial charge on any atom is -0.294 e. The molecule has 0 amide bonds. The number of carbonyl (C=O) groups is 1. The van der Waals surface area contributed by atoms with Crippen LogP contribution in [0.3, 0.4) is 0 Å². The number of ketones is 1. The lowest BCUT2D eigenvalue weighted by Gasteiger charge is -2.32. The zero-order valence-corrected chi connectivity index (χ0v) is 10.9. The number of hydrogen-bond acceptors (Lipinski definition) is 1. The van der Waals surface area contributed by atoms with Crippen molar-refractivity contribution in [3.63, 3.8) is 0 Å². The quantitative estimate of drug-likeness (QED) is 0.611. The Kier molecular flexibility index (Phi) is 2.98. The van der Waals surface area contributed by atoms with E-state index in [-0.39, 0.29) is 11.3 Å². The average molecular weight is 220 g/mol. The van der Waals surface area contributed by atoms with Gasteiger partial charge in [-0.1, -0.05) is 27.4 Å². The normalized spacial score (nSPS) is 40.0. The summed E-state index contributed by atoms with van der Waals surface area (Å²) in [5, 5.41) is 0. The van der Waals surface area contributed by atoms with E-state index in [1.54, 1.807) is 0 Å². The summed E-state index contributed by atoms with van der Waals surface area (Å²) in [6.45, 7) is 10.8. The van der Waals surface area contributed by atoms with Crippen LogP contribution in [0.2, 0.25) is 0 Å². The Morgan fingerprint density at radius 2 is 2.06 bits per heavy atom. The third kappa shape index (κ3) is 1.74. The lowest BCUT2D eigenvalue weighted by Crippen LogP contribution is -2.33. The Bertz CT molecular complexity index is 315. The smallest absolute Gasteiger partial charge is 0.162 e. The van der Waals surface area contributed by atoms with Crippen LogP contribution in [0, 0.1) is 23.2 Å². The molecule has 2 fully saturated rings. The van der Waals surface area contributed by atoms with E-state index in [0.29, 0.717) is 17.6 Å². The molecule has 0 heterocycles. The molecular formula is C15H24O. The van der Waals surface area contributed by atoms with Crippen molar-refractivity contribution in [1.29, 1.82) is 0 Å². The van der Waals surface area contributed by atoms with Gasteiger partial charge in [-0.2, -0.15) is 0 Å². The second kappa shape index (κ2) is 4.01. The fraction of sp³-hybridized carbons (Fsp3) is 0.800. The molecule has 0 aromatic rings. The van der Waals surface area contributed by atoms with Gasteiger partial charge < -0.3 is 0 Å². The van der Waals surface area contributed by atoms with Crippen molar-refractivity contribution >= 4 is 5.78 Å². The summed E-state index contributed by atoms with van der Waals surface area (Å²) in [7, 11) is 0. The fourth-order valence-electron chi connectivity index (χ4n) is 3.89. The van der Waals surface area contributed by atoms with Gasteiger partial charge in [0.25, 0.3) is 0 Å². The highest BCUT2D eigenvalue weighted by Crippen LogP contribution is 2.54. The molecule has 0 aliphatic heterocycles. The summed E-state index contributed by atoms with van der Waals surface area (Å²) in [5.41, 5.74) is 1.16. The van der Waals surface area contributed by atoms with Gasteiger partial charge in [-0.25, -0.2) is 0 Å². The van der Waals surface area contributed by atoms with Crippen molar-refractivity contribution in [2.45, 2.75) is 52.9 Å². The maximum atomic E-state index is 12.4. The summed E-state index contributed by atoms with van der Waals surface area (Å²) in [6, 6.07) is 0. The highest BCUT2D eigenvalue weighted by Gasteiger charge is 2.50. The van der Waals surface area contributed by atoms with Crippen LogP contribution in [0.5, 0.6) is 0 Å². The topological polar surface area (TPSA) is 17.1 Å². The van der Waals surface area contributed by atoms with Crippen molar-refractivity contribution in [1.82, 2.24) is 0 Å². The van der Waals surface area contributed by atoms with E-state index < -0.39 is 0 Å². The molecule has 0 bridgehead atoms. The maximum Gasteiger partial charge on any atom is 0.162 e. The highest BCUT2D eigenvalue weighted by atomic mass is 16.1. The van der Waals surface area contributed by atoms with Crippen LogP contribution in [-0.4, -0.2) is 5.78 Å². The molecule has 0 N–H and O–H groups in total. The highest BCUT2D eigenvalue weighted by molar-refractivity contribution is 5.97. The Hall–Kier alpha value is -0.590. The van der Waals surface area contributed by atoms with Gasteiger partial charge in [0.2, 0.25) is 0 Å². The molecule has 1 unspecified atom stereocenters. The second-order valence-corrected chi connectivity index (χ2v) is 6.40. The summed E-state index contributed by atoms with van der Waals surface area (Å²) in [5.74, 6) is 1.87. The standard InChI is InChI=1S/C15H24O/c1-10(2)12-7-9-15(4)8-5-6-11(3)14(16)13(12)15/h10,12-13H,3,5-9H2,1-2,4H3/t12?,13-,15-/m0/s1. The first-order valence-electron chi connectivity index (χ1n) is 6.68. The number of carbonyl (C=O) groups excluding carboxylic acids is 1. The Balaban J connectivity index is 2.34. The van der Waals surface area contributed by atoms with Gasteiger partial charge in [-0.05, 0) is 54.9 Å². The van der Waals surface area contributed by atoms with Crippen molar-refractivity contribution in [2.24, 2.45) is 23.2 Å². The zero-order chi connectivity index (χ0) is 11.9. The van der Waals surface area contributed by atoms with Crippen molar-refractivity contribution in [3.05, 3.63) is 12.2 Å². The first-order valence-corrected chi connectivity index (χ1v) is 6.68. The van der Waals surface area contributed by atoms with Gasteiger partial charge in [0.15, 0.2) is 5.78 Å². The van der Waals surface area contributed by atoms with Crippen LogP contribution in [0.15, 0.2) is 12.2 Å². The molecule has 0 aromatic heterocycles. The third-order valence-corrected chi connectivity index (χ3v) is 4.94. The van der Waals surface area contributed by atoms with Crippen LogP contribution >= 0.6 is 0 Å². The van der Waals surface area contributed by atoms with Crippen LogP contribution in [0.1, 0.15) is 52.9 Å². The molecule has 90 valence electrons. The van der Waals surface area contributed by atoms with Gasteiger partial charge >= 0.3 is 0 Å². The van der Waals surface area contributed by atoms with Crippen molar-refractivity contribution < 1.29 is 4.79 Å². The molecule has 0 radical (unpaired) electrons. The summed E-state index contributed by atoms with van der Waals surface area (Å²) < 4.78 is 0. The number of fused-ring (bicyclic) bond motifs is 1. The Labute approximate surface area is 99.3 Å². The molecule has 2 aliphatic rings. The average Bonchev–Trinajstić information content (AvgIpc) is 2.50. The molecule has 1 heteroatoms. The fourth-order valence-corrected chi connectivity index (χ4v) is 3.89. The molecule has 2 rings (SSSR count). The number of rotatable bonds is 1. The van der Waals surface area contributed by atoms with Gasteiger partial charge in [0.1, 0.15) is 0 Å². The van der Waals surface area contributed by atoms with Gasteiger partial charge in [-0.15, -0.1) is 0 Å². The van der Waals surface area contributed by atoms with E-state index in [0.717, 1.165) is 18.4 Å². The van der Waals surface area contributed by atoms with Gasteiger partial charge in [0, 0.05) is 5.92 Å². The second-order valence-electron chi connectivity index (χ2n) is 6.40. The van der Waals surface area contributed by atoms with E-state index in [4.69, 9.17) is 0 Å². The molecule has 2 aliphatic carbocycles. The minimum atomic E-state index is 0.266. The van der Waals surface area contributed by atoms with Crippen molar-refractivity contribution in [3.8, 4) is 0 Å². The summed E-state index contributed by atoms with van der Waals surface area (Å²) >= 11 is 0. The SMILES string of the molecule is C=C1CCC[C@@]2(C)CCC(C(C)C)[C@H]2C1=O. The monoisotopic (exact) mass is 220 g/mol.